The van der Waals surface area contributed by atoms with E-state index in [2.05, 4.69) is 5.32 Å². The highest BCUT2D eigenvalue weighted by Gasteiger charge is 2.19. The van der Waals surface area contributed by atoms with Crippen LogP contribution in [0.15, 0.2) is 36.4 Å². The Bertz CT molecular complexity index is 861. The summed E-state index contributed by atoms with van der Waals surface area (Å²) in [7, 11) is 1.53. The van der Waals surface area contributed by atoms with Crippen LogP contribution < -0.4 is 5.32 Å². The molecule has 1 N–H and O–H groups in total. The summed E-state index contributed by atoms with van der Waals surface area (Å²) in [4.78, 5) is 25.7. The summed E-state index contributed by atoms with van der Waals surface area (Å²) < 4.78 is 39.4. The number of benzene rings is 2. The molecule has 1 atom stereocenters. The Morgan fingerprint density at radius 2 is 1.81 bits per heavy atom. The Morgan fingerprint density at radius 1 is 1.11 bits per heavy atom. The number of rotatable bonds is 6. The number of carbonyl (C=O) groups excluding carboxylic acids is 2. The van der Waals surface area contributed by atoms with Crippen LogP contribution in [0.2, 0.25) is 5.02 Å². The van der Waals surface area contributed by atoms with E-state index in [4.69, 9.17) is 11.6 Å². The van der Waals surface area contributed by atoms with Gasteiger partial charge in [-0.1, -0.05) is 17.7 Å². The largest absolute Gasteiger partial charge is 0.351 e. The van der Waals surface area contributed by atoms with Gasteiger partial charge in [-0.05, 0) is 42.8 Å². The third-order valence-corrected chi connectivity index (χ3v) is 4.51. The van der Waals surface area contributed by atoms with Crippen molar-refractivity contribution in [2.75, 3.05) is 13.6 Å². The van der Waals surface area contributed by atoms with E-state index in [1.54, 1.807) is 6.92 Å². The van der Waals surface area contributed by atoms with E-state index < -0.39 is 29.4 Å². The highest BCUT2D eigenvalue weighted by atomic mass is 35.5. The molecule has 0 saturated carbocycles. The molecule has 0 aliphatic rings. The van der Waals surface area contributed by atoms with E-state index in [1.807, 2.05) is 0 Å². The topological polar surface area (TPSA) is 49.4 Å². The second-order valence-corrected chi connectivity index (χ2v) is 6.39. The Labute approximate surface area is 159 Å². The minimum atomic E-state index is -0.983. The molecule has 27 heavy (non-hydrogen) atoms. The summed E-state index contributed by atoms with van der Waals surface area (Å²) in [5.41, 5.74) is 0.556. The van der Waals surface area contributed by atoms with Crippen LogP contribution in [0.25, 0.3) is 0 Å². The van der Waals surface area contributed by atoms with Gasteiger partial charge >= 0.3 is 0 Å². The Morgan fingerprint density at radius 3 is 2.44 bits per heavy atom. The highest BCUT2D eigenvalue weighted by Crippen LogP contribution is 2.21. The molecule has 0 heterocycles. The third kappa shape index (κ3) is 5.23. The summed E-state index contributed by atoms with van der Waals surface area (Å²) >= 11 is 5.82. The molecular weight excluding hydrogens is 381 g/mol. The zero-order valence-electron chi connectivity index (χ0n) is 14.7. The zero-order chi connectivity index (χ0) is 20.1. The van der Waals surface area contributed by atoms with Gasteiger partial charge in [0.1, 0.15) is 5.82 Å². The van der Waals surface area contributed by atoms with Gasteiger partial charge in [-0.25, -0.2) is 13.2 Å². The van der Waals surface area contributed by atoms with Gasteiger partial charge < -0.3 is 10.2 Å². The third-order valence-electron chi connectivity index (χ3n) is 4.20. The lowest BCUT2D eigenvalue weighted by Crippen LogP contribution is -2.33. The lowest BCUT2D eigenvalue weighted by atomic mass is 10.1. The smallest absolute Gasteiger partial charge is 0.252 e. The number of halogens is 4. The first-order valence-corrected chi connectivity index (χ1v) is 8.52. The van der Waals surface area contributed by atoms with Crippen LogP contribution in [-0.2, 0) is 4.79 Å². The molecule has 8 heteroatoms. The van der Waals surface area contributed by atoms with E-state index in [-0.39, 0.29) is 29.5 Å². The Balaban J connectivity index is 1.90. The van der Waals surface area contributed by atoms with Crippen molar-refractivity contribution in [2.45, 2.75) is 19.4 Å². The van der Waals surface area contributed by atoms with Crippen LogP contribution in [0.4, 0.5) is 13.2 Å². The maximum absolute atomic E-state index is 13.4. The molecule has 0 bridgehead atoms. The SMILES string of the molecule is CC(c1ccc(F)c(F)c1)N(C)C(=O)CCNC(=O)c1ccc(F)cc1Cl. The number of nitrogens with one attached hydrogen (secondary N) is 1. The first-order chi connectivity index (χ1) is 12.7. The molecule has 1 unspecified atom stereocenters. The van der Waals surface area contributed by atoms with Crippen molar-refractivity contribution >= 4 is 23.4 Å². The molecule has 0 aliphatic heterocycles. The Kier molecular flexibility index (Phi) is 6.85. The number of hydrogen-bond donors (Lipinski definition) is 1. The zero-order valence-corrected chi connectivity index (χ0v) is 15.5. The molecule has 144 valence electrons. The van der Waals surface area contributed by atoms with Crippen molar-refractivity contribution in [1.29, 1.82) is 0 Å². The van der Waals surface area contributed by atoms with E-state index in [1.165, 1.54) is 24.1 Å². The quantitative estimate of drug-likeness (QED) is 0.796. The van der Waals surface area contributed by atoms with E-state index in [0.717, 1.165) is 24.3 Å². The molecular formula is C19H18ClF3N2O2. The van der Waals surface area contributed by atoms with Gasteiger partial charge in [0.2, 0.25) is 5.91 Å². The standard InChI is InChI=1S/C19H18ClF3N2O2/c1-11(12-3-6-16(22)17(23)9-12)25(2)18(26)7-8-24-19(27)14-5-4-13(21)10-15(14)20/h3-6,9-11H,7-8H2,1-2H3,(H,24,27). The van der Waals surface area contributed by atoms with Gasteiger partial charge in [0.25, 0.3) is 5.91 Å². The van der Waals surface area contributed by atoms with Crippen molar-refractivity contribution in [3.8, 4) is 0 Å². The molecule has 2 aromatic rings. The first-order valence-electron chi connectivity index (χ1n) is 8.14. The fourth-order valence-corrected chi connectivity index (χ4v) is 2.69. The van der Waals surface area contributed by atoms with Crippen molar-refractivity contribution in [2.24, 2.45) is 0 Å². The van der Waals surface area contributed by atoms with Gasteiger partial charge in [0.15, 0.2) is 11.6 Å². The van der Waals surface area contributed by atoms with E-state index in [0.29, 0.717) is 5.56 Å². The number of carbonyl (C=O) groups is 2. The van der Waals surface area contributed by atoms with Gasteiger partial charge in [-0.3, -0.25) is 9.59 Å². The molecule has 0 spiro atoms. The van der Waals surface area contributed by atoms with Crippen LogP contribution in [0, 0.1) is 17.5 Å². The average Bonchev–Trinajstić information content (AvgIpc) is 2.62. The van der Waals surface area contributed by atoms with Crippen LogP contribution in [0.5, 0.6) is 0 Å². The van der Waals surface area contributed by atoms with Gasteiger partial charge in [-0.2, -0.15) is 0 Å². The van der Waals surface area contributed by atoms with Crippen LogP contribution in [0.3, 0.4) is 0 Å². The predicted molar refractivity (Wildman–Crippen MR) is 95.9 cm³/mol. The van der Waals surface area contributed by atoms with Crippen LogP contribution in [0.1, 0.15) is 35.3 Å². The van der Waals surface area contributed by atoms with Gasteiger partial charge in [-0.15, -0.1) is 0 Å². The predicted octanol–water partition coefficient (Wildman–Crippen LogP) is 4.10. The normalized spacial score (nSPS) is 11.8. The summed E-state index contributed by atoms with van der Waals surface area (Å²) in [6.07, 6.45) is -0.00489. The summed E-state index contributed by atoms with van der Waals surface area (Å²) in [5.74, 6) is -3.31. The van der Waals surface area contributed by atoms with Crippen LogP contribution in [-0.4, -0.2) is 30.3 Å². The minimum Gasteiger partial charge on any atom is -0.351 e. The fourth-order valence-electron chi connectivity index (χ4n) is 2.44. The monoisotopic (exact) mass is 398 g/mol. The molecule has 0 fully saturated rings. The number of amides is 2. The number of nitrogens with zero attached hydrogens (tertiary/aromatic N) is 1. The maximum atomic E-state index is 13.4. The number of hydrogen-bond acceptors (Lipinski definition) is 2. The van der Waals surface area contributed by atoms with Gasteiger partial charge in [0, 0.05) is 20.0 Å². The van der Waals surface area contributed by atoms with Crippen molar-refractivity contribution in [3.05, 3.63) is 70.0 Å². The first kappa shape index (κ1) is 20.8. The molecule has 0 saturated heterocycles. The lowest BCUT2D eigenvalue weighted by Gasteiger charge is -2.25. The van der Waals surface area contributed by atoms with Crippen LogP contribution >= 0.6 is 11.6 Å². The summed E-state index contributed by atoms with van der Waals surface area (Å²) in [5, 5.41) is 2.51. The minimum absolute atomic E-state index is 0.00489. The van der Waals surface area contributed by atoms with E-state index >= 15 is 0 Å². The lowest BCUT2D eigenvalue weighted by molar-refractivity contribution is -0.131. The second kappa shape index (κ2) is 8.90. The maximum Gasteiger partial charge on any atom is 0.252 e. The molecule has 0 radical (unpaired) electrons. The summed E-state index contributed by atoms with van der Waals surface area (Å²) in [6, 6.07) is 6.38. The van der Waals surface area contributed by atoms with E-state index in [9.17, 15) is 22.8 Å². The van der Waals surface area contributed by atoms with Gasteiger partial charge in [0.05, 0.1) is 16.6 Å². The van der Waals surface area contributed by atoms with Crippen molar-refractivity contribution in [3.63, 3.8) is 0 Å². The second-order valence-electron chi connectivity index (χ2n) is 5.98. The molecule has 2 rings (SSSR count). The summed E-state index contributed by atoms with van der Waals surface area (Å²) in [6.45, 7) is 1.72. The Hall–Kier alpha value is -2.54. The molecule has 0 aromatic heterocycles. The molecule has 0 aliphatic carbocycles. The fraction of sp³-hybridized carbons (Fsp3) is 0.263. The average molecular weight is 399 g/mol. The molecule has 2 aromatic carbocycles. The molecule has 4 nitrogen and oxygen atoms in total. The van der Waals surface area contributed by atoms with Crippen molar-refractivity contribution in [1.82, 2.24) is 10.2 Å². The van der Waals surface area contributed by atoms with Crippen molar-refractivity contribution < 1.29 is 22.8 Å². The highest BCUT2D eigenvalue weighted by molar-refractivity contribution is 6.33. The molecule has 2 amide bonds.